The molecule has 2 heterocycles. The molecule has 1 aromatic carbocycles. The van der Waals surface area contributed by atoms with Crippen LogP contribution >= 0.6 is 0 Å². The molecule has 1 aliphatic carbocycles. The highest BCUT2D eigenvalue weighted by molar-refractivity contribution is 5.92. The number of carbonyl (C=O) groups is 1. The largest absolute Gasteiger partial charge is 0.478 e. The highest BCUT2D eigenvalue weighted by atomic mass is 16.5. The monoisotopic (exact) mass is 286 g/mol. The van der Waals surface area contributed by atoms with Crippen molar-refractivity contribution >= 4 is 17.0 Å². The molecule has 0 bridgehead atoms. The van der Waals surface area contributed by atoms with Gasteiger partial charge in [-0.1, -0.05) is 0 Å². The Morgan fingerprint density at radius 1 is 1.38 bits per heavy atom. The second kappa shape index (κ2) is 4.56. The number of imidazole rings is 1. The normalized spacial score (nSPS) is 25.6. The molecule has 2 unspecified atom stereocenters. The van der Waals surface area contributed by atoms with Gasteiger partial charge in [0.15, 0.2) is 0 Å². The number of aromatic carboxylic acids is 1. The van der Waals surface area contributed by atoms with E-state index in [2.05, 4.69) is 11.5 Å². The summed E-state index contributed by atoms with van der Waals surface area (Å²) in [6.07, 6.45) is 3.46. The van der Waals surface area contributed by atoms with Crippen molar-refractivity contribution in [3.8, 4) is 0 Å². The molecule has 0 amide bonds. The molecule has 0 radical (unpaired) electrons. The van der Waals surface area contributed by atoms with Gasteiger partial charge in [-0.25, -0.2) is 9.78 Å². The molecule has 2 aromatic rings. The molecule has 1 saturated heterocycles. The molecule has 110 valence electrons. The molecule has 21 heavy (non-hydrogen) atoms. The van der Waals surface area contributed by atoms with Crippen molar-refractivity contribution in [2.24, 2.45) is 0 Å². The van der Waals surface area contributed by atoms with Gasteiger partial charge in [0.2, 0.25) is 0 Å². The van der Waals surface area contributed by atoms with E-state index in [4.69, 9.17) is 9.72 Å². The molecule has 1 aromatic heterocycles. The number of carboxylic acid groups (broad SMARTS) is 1. The maximum atomic E-state index is 11.2. The lowest BCUT2D eigenvalue weighted by atomic mass is 10.1. The Morgan fingerprint density at radius 2 is 2.19 bits per heavy atom. The van der Waals surface area contributed by atoms with Crippen molar-refractivity contribution in [3.63, 3.8) is 0 Å². The third kappa shape index (κ3) is 2.03. The van der Waals surface area contributed by atoms with Crippen LogP contribution in [0.3, 0.4) is 0 Å². The van der Waals surface area contributed by atoms with E-state index in [0.29, 0.717) is 11.5 Å². The van der Waals surface area contributed by atoms with E-state index in [1.165, 1.54) is 12.8 Å². The highest BCUT2D eigenvalue weighted by Gasteiger charge is 2.35. The first-order valence-corrected chi connectivity index (χ1v) is 7.52. The lowest BCUT2D eigenvalue weighted by Gasteiger charge is -2.19. The maximum Gasteiger partial charge on any atom is 0.335 e. The summed E-state index contributed by atoms with van der Waals surface area (Å²) < 4.78 is 7.95. The molecule has 4 rings (SSSR count). The van der Waals surface area contributed by atoms with Gasteiger partial charge in [0.05, 0.1) is 28.7 Å². The number of rotatable bonds is 3. The minimum Gasteiger partial charge on any atom is -0.478 e. The van der Waals surface area contributed by atoms with Gasteiger partial charge in [-0.05, 0) is 44.4 Å². The third-order valence-electron chi connectivity index (χ3n) is 4.57. The molecular weight excluding hydrogens is 268 g/mol. The quantitative estimate of drug-likeness (QED) is 0.942. The van der Waals surface area contributed by atoms with Gasteiger partial charge in [-0.2, -0.15) is 0 Å². The van der Waals surface area contributed by atoms with Crippen LogP contribution in [-0.4, -0.2) is 33.3 Å². The fourth-order valence-corrected chi connectivity index (χ4v) is 3.28. The Kier molecular flexibility index (Phi) is 2.79. The average Bonchev–Trinajstić information content (AvgIpc) is 3.12. The number of nitrogens with zero attached hydrogens (tertiary/aromatic N) is 2. The zero-order chi connectivity index (χ0) is 14.6. The second-order valence-electron chi connectivity index (χ2n) is 6.05. The summed E-state index contributed by atoms with van der Waals surface area (Å²) in [6, 6.07) is 5.46. The number of fused-ring (bicyclic) bond motifs is 1. The Labute approximate surface area is 122 Å². The lowest BCUT2D eigenvalue weighted by molar-refractivity contribution is 0.0697. The predicted molar refractivity (Wildman–Crippen MR) is 77.7 cm³/mol. The van der Waals surface area contributed by atoms with Crippen molar-refractivity contribution in [2.45, 2.75) is 44.2 Å². The molecule has 1 aliphatic heterocycles. The maximum absolute atomic E-state index is 11.2. The van der Waals surface area contributed by atoms with Crippen LogP contribution in [0.1, 0.15) is 54.3 Å². The molecule has 2 aliphatic rings. The van der Waals surface area contributed by atoms with Crippen molar-refractivity contribution < 1.29 is 14.6 Å². The minimum atomic E-state index is -0.895. The molecule has 2 fully saturated rings. The standard InChI is InChI=1S/C16H18N2O3/c1-9-13(6-7-21-9)18-14-8-11(16(19)20)4-5-12(14)17-15(18)10-2-3-10/h4-5,8-10,13H,2-3,6-7H2,1H3,(H,19,20). The van der Waals surface area contributed by atoms with Crippen LogP contribution in [0, 0.1) is 0 Å². The smallest absolute Gasteiger partial charge is 0.335 e. The number of ether oxygens (including phenoxy) is 1. The minimum absolute atomic E-state index is 0.147. The first-order valence-electron chi connectivity index (χ1n) is 7.52. The van der Waals surface area contributed by atoms with Crippen molar-refractivity contribution in [3.05, 3.63) is 29.6 Å². The Bertz CT molecular complexity index is 718. The van der Waals surface area contributed by atoms with E-state index >= 15 is 0 Å². The van der Waals surface area contributed by atoms with E-state index in [1.54, 1.807) is 12.1 Å². The highest BCUT2D eigenvalue weighted by Crippen LogP contribution is 2.43. The average molecular weight is 286 g/mol. The molecule has 0 spiro atoms. The van der Waals surface area contributed by atoms with Gasteiger partial charge in [0, 0.05) is 12.5 Å². The van der Waals surface area contributed by atoms with Crippen LogP contribution in [-0.2, 0) is 4.74 Å². The molecule has 5 nitrogen and oxygen atoms in total. The summed E-state index contributed by atoms with van der Waals surface area (Å²) >= 11 is 0. The fraction of sp³-hybridized carbons (Fsp3) is 0.500. The van der Waals surface area contributed by atoms with E-state index in [1.807, 2.05) is 6.07 Å². The summed E-state index contributed by atoms with van der Waals surface area (Å²) in [6.45, 7) is 2.84. The van der Waals surface area contributed by atoms with E-state index in [0.717, 1.165) is 29.9 Å². The topological polar surface area (TPSA) is 64.4 Å². The van der Waals surface area contributed by atoms with Crippen LogP contribution in [0.2, 0.25) is 0 Å². The van der Waals surface area contributed by atoms with Crippen molar-refractivity contribution in [1.29, 1.82) is 0 Å². The summed E-state index contributed by atoms with van der Waals surface area (Å²) in [5, 5.41) is 9.23. The van der Waals surface area contributed by atoms with Gasteiger partial charge in [0.25, 0.3) is 0 Å². The molecular formula is C16H18N2O3. The summed E-state index contributed by atoms with van der Waals surface area (Å²) in [7, 11) is 0. The SMILES string of the molecule is CC1OCCC1n1c(C2CC2)nc2ccc(C(=O)O)cc21. The predicted octanol–water partition coefficient (Wildman–Crippen LogP) is 2.96. The van der Waals surface area contributed by atoms with E-state index in [9.17, 15) is 9.90 Å². The molecule has 1 saturated carbocycles. The van der Waals surface area contributed by atoms with Crippen LogP contribution < -0.4 is 0 Å². The zero-order valence-corrected chi connectivity index (χ0v) is 12.0. The van der Waals surface area contributed by atoms with Crippen molar-refractivity contribution in [1.82, 2.24) is 9.55 Å². The lowest BCUT2D eigenvalue weighted by Crippen LogP contribution is -2.19. The van der Waals surface area contributed by atoms with Crippen LogP contribution in [0.4, 0.5) is 0 Å². The van der Waals surface area contributed by atoms with Crippen molar-refractivity contribution in [2.75, 3.05) is 6.61 Å². The number of carboxylic acids is 1. The summed E-state index contributed by atoms with van der Waals surface area (Å²) in [4.78, 5) is 16.0. The fourth-order valence-electron chi connectivity index (χ4n) is 3.28. The first kappa shape index (κ1) is 12.8. The van der Waals surface area contributed by atoms with E-state index < -0.39 is 5.97 Å². The van der Waals surface area contributed by atoms with Gasteiger partial charge in [-0.15, -0.1) is 0 Å². The third-order valence-corrected chi connectivity index (χ3v) is 4.57. The summed E-state index contributed by atoms with van der Waals surface area (Å²) in [5.74, 6) is 0.738. The Balaban J connectivity index is 1.93. The number of hydrogen-bond donors (Lipinski definition) is 1. The molecule has 2 atom stereocenters. The van der Waals surface area contributed by atoms with Gasteiger partial charge in [0.1, 0.15) is 5.82 Å². The van der Waals surface area contributed by atoms with Crippen LogP contribution in [0.25, 0.3) is 11.0 Å². The summed E-state index contributed by atoms with van der Waals surface area (Å²) in [5.41, 5.74) is 2.14. The first-order chi connectivity index (χ1) is 10.1. The number of aromatic nitrogens is 2. The van der Waals surface area contributed by atoms with E-state index in [-0.39, 0.29) is 12.1 Å². The Morgan fingerprint density at radius 3 is 2.81 bits per heavy atom. The second-order valence-corrected chi connectivity index (χ2v) is 6.05. The van der Waals surface area contributed by atoms with Gasteiger partial charge >= 0.3 is 5.97 Å². The Hall–Kier alpha value is -1.88. The zero-order valence-electron chi connectivity index (χ0n) is 12.0. The number of hydrogen-bond acceptors (Lipinski definition) is 3. The molecule has 5 heteroatoms. The molecule has 1 N–H and O–H groups in total. The van der Waals surface area contributed by atoms with Gasteiger partial charge < -0.3 is 14.4 Å². The van der Waals surface area contributed by atoms with Crippen LogP contribution in [0.15, 0.2) is 18.2 Å². The van der Waals surface area contributed by atoms with Crippen LogP contribution in [0.5, 0.6) is 0 Å². The van der Waals surface area contributed by atoms with Gasteiger partial charge in [-0.3, -0.25) is 0 Å². The number of benzene rings is 1.